The van der Waals surface area contributed by atoms with Gasteiger partial charge in [0.05, 0.1) is 19.3 Å². The number of halogens is 4. The van der Waals surface area contributed by atoms with Crippen molar-refractivity contribution >= 4 is 5.91 Å². The van der Waals surface area contributed by atoms with Crippen molar-refractivity contribution in [3.05, 3.63) is 65.7 Å². The third-order valence-corrected chi connectivity index (χ3v) is 3.92. The smallest absolute Gasteiger partial charge is 0.435 e. The van der Waals surface area contributed by atoms with Crippen LogP contribution in [-0.4, -0.2) is 41.2 Å². The van der Waals surface area contributed by atoms with E-state index in [9.17, 15) is 22.4 Å². The highest BCUT2D eigenvalue weighted by Gasteiger charge is 2.42. The molecule has 1 N–H and O–H groups in total. The highest BCUT2D eigenvalue weighted by atomic mass is 19.4. The number of amides is 1. The zero-order valence-corrected chi connectivity index (χ0v) is 15.6. The van der Waals surface area contributed by atoms with E-state index in [2.05, 4.69) is 15.6 Å². The average molecular weight is 424 g/mol. The van der Waals surface area contributed by atoms with Crippen molar-refractivity contribution < 1.29 is 31.8 Å². The first-order valence-electron chi connectivity index (χ1n) is 8.64. The van der Waals surface area contributed by atoms with Crippen LogP contribution in [0.1, 0.15) is 16.2 Å². The predicted octanol–water partition coefficient (Wildman–Crippen LogP) is 3.24. The average Bonchev–Trinajstić information content (AvgIpc) is 3.17. The van der Waals surface area contributed by atoms with Crippen molar-refractivity contribution in [1.29, 1.82) is 0 Å². The zero-order valence-electron chi connectivity index (χ0n) is 15.6. The summed E-state index contributed by atoms with van der Waals surface area (Å²) in [6.07, 6.45) is -4.95. The van der Waals surface area contributed by atoms with Gasteiger partial charge in [0.2, 0.25) is 0 Å². The van der Waals surface area contributed by atoms with Gasteiger partial charge in [0, 0.05) is 0 Å². The summed E-state index contributed by atoms with van der Waals surface area (Å²) < 4.78 is 65.1. The molecule has 3 aromatic rings. The molecule has 0 aliphatic rings. The Morgan fingerprint density at radius 2 is 1.87 bits per heavy atom. The van der Waals surface area contributed by atoms with E-state index in [1.165, 1.54) is 19.2 Å². The van der Waals surface area contributed by atoms with Gasteiger partial charge in [0.1, 0.15) is 12.4 Å². The van der Waals surface area contributed by atoms with Crippen LogP contribution in [0.3, 0.4) is 0 Å². The summed E-state index contributed by atoms with van der Waals surface area (Å²) in [4.78, 5) is 12.3. The van der Waals surface area contributed by atoms with E-state index in [0.717, 1.165) is 12.1 Å². The molecular formula is C19H16F4N4O3. The largest absolute Gasteiger partial charge is 0.493 e. The SMILES string of the molecule is COc1ccccc1OCCNC(=O)c1nnn(-c2cccc(F)c2)c1C(F)(F)F. The summed E-state index contributed by atoms with van der Waals surface area (Å²) in [7, 11) is 1.46. The van der Waals surface area contributed by atoms with Gasteiger partial charge in [0.25, 0.3) is 5.91 Å². The van der Waals surface area contributed by atoms with E-state index in [1.807, 2.05) is 0 Å². The van der Waals surface area contributed by atoms with Gasteiger partial charge in [0.15, 0.2) is 22.9 Å². The summed E-state index contributed by atoms with van der Waals surface area (Å²) in [5.41, 5.74) is -2.55. The van der Waals surface area contributed by atoms with Gasteiger partial charge < -0.3 is 14.8 Å². The second-order valence-corrected chi connectivity index (χ2v) is 5.93. The maximum atomic E-state index is 13.6. The van der Waals surface area contributed by atoms with Crippen molar-refractivity contribution in [2.45, 2.75) is 6.18 Å². The number of carbonyl (C=O) groups excluding carboxylic acids is 1. The molecule has 0 radical (unpaired) electrons. The van der Waals surface area contributed by atoms with E-state index in [1.54, 1.807) is 24.3 Å². The van der Waals surface area contributed by atoms with Crippen LogP contribution in [0.25, 0.3) is 5.69 Å². The number of aromatic nitrogens is 3. The number of benzene rings is 2. The molecule has 0 unspecified atom stereocenters. The number of alkyl halides is 3. The molecule has 7 nitrogen and oxygen atoms in total. The molecule has 1 aromatic heterocycles. The molecule has 158 valence electrons. The van der Waals surface area contributed by atoms with Crippen LogP contribution in [0.2, 0.25) is 0 Å². The van der Waals surface area contributed by atoms with E-state index >= 15 is 0 Å². The van der Waals surface area contributed by atoms with Crippen molar-refractivity contribution in [3.63, 3.8) is 0 Å². The van der Waals surface area contributed by atoms with Crippen LogP contribution in [0.4, 0.5) is 17.6 Å². The molecule has 0 aliphatic heterocycles. The lowest BCUT2D eigenvalue weighted by molar-refractivity contribution is -0.143. The molecule has 0 fully saturated rings. The second-order valence-electron chi connectivity index (χ2n) is 5.93. The lowest BCUT2D eigenvalue weighted by Crippen LogP contribution is -2.30. The number of para-hydroxylation sites is 2. The van der Waals surface area contributed by atoms with Crippen molar-refractivity contribution in [3.8, 4) is 17.2 Å². The minimum atomic E-state index is -4.95. The molecule has 0 saturated carbocycles. The molecule has 1 heterocycles. The fraction of sp³-hybridized carbons (Fsp3) is 0.211. The molecule has 1 amide bonds. The summed E-state index contributed by atoms with van der Waals surface area (Å²) in [6, 6.07) is 11.2. The standard InChI is InChI=1S/C19H16F4N4O3/c1-29-14-7-2-3-8-15(14)30-10-9-24-18(28)16-17(19(21,22)23)27(26-25-16)13-6-4-5-12(20)11-13/h2-8,11H,9-10H2,1H3,(H,24,28). The molecule has 0 spiro atoms. The number of methoxy groups -OCH3 is 1. The summed E-state index contributed by atoms with van der Waals surface area (Å²) in [6.45, 7) is -0.119. The molecule has 2 aromatic carbocycles. The minimum Gasteiger partial charge on any atom is -0.493 e. The van der Waals surface area contributed by atoms with Crippen molar-refractivity contribution in [1.82, 2.24) is 20.3 Å². The number of ether oxygens (including phenoxy) is 2. The highest BCUT2D eigenvalue weighted by molar-refractivity contribution is 5.93. The van der Waals surface area contributed by atoms with Gasteiger partial charge in [-0.1, -0.05) is 23.4 Å². The van der Waals surface area contributed by atoms with Gasteiger partial charge in [-0.3, -0.25) is 4.79 Å². The Labute approximate surface area is 168 Å². The lowest BCUT2D eigenvalue weighted by Gasteiger charge is -2.12. The number of hydrogen-bond acceptors (Lipinski definition) is 5. The normalized spacial score (nSPS) is 11.2. The first-order chi connectivity index (χ1) is 14.3. The minimum absolute atomic E-state index is 0.0223. The van der Waals surface area contributed by atoms with Crippen LogP contribution in [0.15, 0.2) is 48.5 Å². The van der Waals surface area contributed by atoms with Gasteiger partial charge in [-0.15, -0.1) is 5.10 Å². The first-order valence-corrected chi connectivity index (χ1v) is 8.64. The Morgan fingerprint density at radius 3 is 2.53 bits per heavy atom. The Bertz CT molecular complexity index is 1040. The van der Waals surface area contributed by atoms with Gasteiger partial charge >= 0.3 is 6.18 Å². The summed E-state index contributed by atoms with van der Waals surface area (Å²) in [5.74, 6) is -0.951. The third-order valence-electron chi connectivity index (χ3n) is 3.92. The Kier molecular flexibility index (Phi) is 6.19. The van der Waals surface area contributed by atoms with E-state index in [-0.39, 0.29) is 18.8 Å². The molecular weight excluding hydrogens is 408 g/mol. The summed E-state index contributed by atoms with van der Waals surface area (Å²) >= 11 is 0. The number of hydrogen-bond donors (Lipinski definition) is 1. The fourth-order valence-corrected chi connectivity index (χ4v) is 2.63. The van der Waals surface area contributed by atoms with Crippen LogP contribution >= 0.6 is 0 Å². The number of nitrogens with zero attached hydrogens (tertiary/aromatic N) is 3. The topological polar surface area (TPSA) is 78.3 Å². The number of nitrogens with one attached hydrogen (secondary N) is 1. The number of carbonyl (C=O) groups is 1. The monoisotopic (exact) mass is 424 g/mol. The van der Waals surface area contributed by atoms with Gasteiger partial charge in [-0.05, 0) is 30.3 Å². The molecule has 0 saturated heterocycles. The Morgan fingerprint density at radius 1 is 1.13 bits per heavy atom. The predicted molar refractivity (Wildman–Crippen MR) is 97.1 cm³/mol. The maximum absolute atomic E-state index is 13.6. The number of rotatable bonds is 7. The van der Waals surface area contributed by atoms with Crippen molar-refractivity contribution in [2.75, 3.05) is 20.3 Å². The van der Waals surface area contributed by atoms with Crippen molar-refractivity contribution in [2.24, 2.45) is 0 Å². The van der Waals surface area contributed by atoms with Crippen LogP contribution < -0.4 is 14.8 Å². The fourth-order valence-electron chi connectivity index (χ4n) is 2.63. The van der Waals surface area contributed by atoms with E-state index in [0.29, 0.717) is 16.2 Å². The molecule has 0 bridgehead atoms. The lowest BCUT2D eigenvalue weighted by atomic mass is 10.2. The first kappa shape index (κ1) is 21.1. The third kappa shape index (κ3) is 4.67. The van der Waals surface area contributed by atoms with Crippen LogP contribution in [0.5, 0.6) is 11.5 Å². The second kappa shape index (κ2) is 8.80. The molecule has 0 atom stereocenters. The quantitative estimate of drug-likeness (QED) is 0.466. The van der Waals surface area contributed by atoms with Gasteiger partial charge in [-0.25, -0.2) is 9.07 Å². The summed E-state index contributed by atoms with van der Waals surface area (Å²) in [5, 5.41) is 9.04. The van der Waals surface area contributed by atoms with Crippen LogP contribution in [-0.2, 0) is 6.18 Å². The molecule has 3 rings (SSSR count). The maximum Gasteiger partial charge on any atom is 0.435 e. The highest BCUT2D eigenvalue weighted by Crippen LogP contribution is 2.32. The molecule has 0 aliphatic carbocycles. The van der Waals surface area contributed by atoms with Gasteiger partial charge in [-0.2, -0.15) is 13.2 Å². The van der Waals surface area contributed by atoms with E-state index in [4.69, 9.17) is 9.47 Å². The Balaban J connectivity index is 1.73. The molecule has 11 heteroatoms. The van der Waals surface area contributed by atoms with E-state index < -0.39 is 29.3 Å². The van der Waals surface area contributed by atoms with Crippen LogP contribution in [0, 0.1) is 5.82 Å². The Hall–Kier alpha value is -3.63. The molecule has 30 heavy (non-hydrogen) atoms. The zero-order chi connectivity index (χ0) is 21.7.